The Balaban J connectivity index is 1.78. The van der Waals surface area contributed by atoms with Crippen LogP contribution in [0.1, 0.15) is 44.1 Å². The molecule has 2 N–H and O–H groups in total. The molecule has 5 heteroatoms. The summed E-state index contributed by atoms with van der Waals surface area (Å²) >= 11 is 0. The summed E-state index contributed by atoms with van der Waals surface area (Å²) in [6.45, 7) is 3.16. The van der Waals surface area contributed by atoms with Crippen LogP contribution in [-0.2, 0) is 10.0 Å². The molecular weight excluding hydrogens is 284 g/mol. The van der Waals surface area contributed by atoms with Gasteiger partial charge in [0.25, 0.3) is 0 Å². The summed E-state index contributed by atoms with van der Waals surface area (Å²) in [4.78, 5) is 0.372. The van der Waals surface area contributed by atoms with Gasteiger partial charge in [-0.15, -0.1) is 0 Å². The molecule has 0 radical (unpaired) electrons. The van der Waals surface area contributed by atoms with Gasteiger partial charge in [-0.2, -0.15) is 4.31 Å². The molecule has 1 aromatic rings. The second-order valence-corrected chi connectivity index (χ2v) is 8.57. The highest BCUT2D eigenvalue weighted by Crippen LogP contribution is 2.46. The third kappa shape index (κ3) is 2.69. The topological polar surface area (TPSA) is 63.4 Å². The van der Waals surface area contributed by atoms with E-state index in [0.29, 0.717) is 29.1 Å². The van der Waals surface area contributed by atoms with Crippen LogP contribution in [0.4, 0.5) is 5.69 Å². The Morgan fingerprint density at radius 1 is 1.10 bits per heavy atom. The molecule has 3 rings (SSSR count). The molecule has 0 aromatic heterocycles. The van der Waals surface area contributed by atoms with E-state index >= 15 is 0 Å². The summed E-state index contributed by atoms with van der Waals surface area (Å²) in [5, 5.41) is 0. The number of hydrogen-bond acceptors (Lipinski definition) is 3. The maximum absolute atomic E-state index is 12.7. The number of hydrogen-bond donors (Lipinski definition) is 1. The summed E-state index contributed by atoms with van der Waals surface area (Å²) in [5.41, 5.74) is 7.67. The lowest BCUT2D eigenvalue weighted by atomic mass is 9.78. The SMILES string of the molecule is Cc1cc(S(=O)(=O)N2CCC3(CCCC3)CC2)ccc1N. The van der Waals surface area contributed by atoms with Gasteiger partial charge in [-0.3, -0.25) is 0 Å². The van der Waals surface area contributed by atoms with Crippen molar-refractivity contribution in [2.75, 3.05) is 18.8 Å². The van der Waals surface area contributed by atoms with Gasteiger partial charge < -0.3 is 5.73 Å². The molecule has 0 amide bonds. The Morgan fingerprint density at radius 2 is 1.71 bits per heavy atom. The van der Waals surface area contributed by atoms with E-state index in [2.05, 4.69) is 0 Å². The van der Waals surface area contributed by atoms with Crippen molar-refractivity contribution in [1.82, 2.24) is 4.31 Å². The van der Waals surface area contributed by atoms with Gasteiger partial charge in [0, 0.05) is 18.8 Å². The van der Waals surface area contributed by atoms with E-state index in [9.17, 15) is 8.42 Å². The minimum atomic E-state index is -3.37. The van der Waals surface area contributed by atoms with E-state index in [4.69, 9.17) is 5.73 Å². The molecule has 2 aliphatic rings. The van der Waals surface area contributed by atoms with Crippen molar-refractivity contribution in [2.45, 2.75) is 50.3 Å². The Hall–Kier alpha value is -1.07. The third-order valence-electron chi connectivity index (χ3n) is 5.33. The van der Waals surface area contributed by atoms with Gasteiger partial charge in [-0.05, 0) is 61.8 Å². The van der Waals surface area contributed by atoms with Crippen molar-refractivity contribution < 1.29 is 8.42 Å². The normalized spacial score (nSPS) is 22.7. The molecule has 1 aliphatic carbocycles. The standard InChI is InChI=1S/C16H24N2O2S/c1-13-12-14(4-5-15(13)17)21(19,20)18-10-8-16(9-11-18)6-2-3-7-16/h4-5,12H,2-3,6-11,17H2,1H3. The summed E-state index contributed by atoms with van der Waals surface area (Å²) in [7, 11) is -3.37. The van der Waals surface area contributed by atoms with Crippen LogP contribution in [0, 0.1) is 12.3 Å². The fourth-order valence-electron chi connectivity index (χ4n) is 3.78. The van der Waals surface area contributed by atoms with Crippen molar-refractivity contribution in [3.05, 3.63) is 23.8 Å². The summed E-state index contributed by atoms with van der Waals surface area (Å²) in [6, 6.07) is 4.99. The molecule has 1 saturated heterocycles. The van der Waals surface area contributed by atoms with Crippen LogP contribution in [-0.4, -0.2) is 25.8 Å². The number of piperidine rings is 1. The lowest BCUT2D eigenvalue weighted by molar-refractivity contribution is 0.160. The Labute approximate surface area is 127 Å². The van der Waals surface area contributed by atoms with Crippen LogP contribution >= 0.6 is 0 Å². The maximum Gasteiger partial charge on any atom is 0.243 e. The van der Waals surface area contributed by atoms with Gasteiger partial charge in [-0.25, -0.2) is 8.42 Å². The van der Waals surface area contributed by atoms with E-state index < -0.39 is 10.0 Å². The lowest BCUT2D eigenvalue weighted by Gasteiger charge is -2.38. The van der Waals surface area contributed by atoms with Crippen LogP contribution < -0.4 is 5.73 Å². The zero-order valence-electron chi connectivity index (χ0n) is 12.6. The van der Waals surface area contributed by atoms with Crippen LogP contribution in [0.2, 0.25) is 0 Å². The molecule has 1 heterocycles. The molecule has 21 heavy (non-hydrogen) atoms. The maximum atomic E-state index is 12.7. The van der Waals surface area contributed by atoms with Gasteiger partial charge in [0.05, 0.1) is 4.90 Å². The first-order valence-electron chi connectivity index (χ1n) is 7.79. The number of nitrogen functional groups attached to an aromatic ring is 1. The highest BCUT2D eigenvalue weighted by molar-refractivity contribution is 7.89. The minimum absolute atomic E-state index is 0.372. The quantitative estimate of drug-likeness (QED) is 0.854. The molecule has 2 fully saturated rings. The molecule has 1 saturated carbocycles. The zero-order valence-corrected chi connectivity index (χ0v) is 13.5. The number of anilines is 1. The molecule has 0 atom stereocenters. The number of aryl methyl sites for hydroxylation is 1. The summed E-state index contributed by atoms with van der Waals surface area (Å²) < 4.78 is 27.1. The van der Waals surface area contributed by atoms with E-state index in [1.165, 1.54) is 25.7 Å². The van der Waals surface area contributed by atoms with Crippen molar-refractivity contribution in [3.8, 4) is 0 Å². The Morgan fingerprint density at radius 3 is 2.29 bits per heavy atom. The molecular formula is C16H24N2O2S. The largest absolute Gasteiger partial charge is 0.399 e. The van der Waals surface area contributed by atoms with Crippen molar-refractivity contribution in [3.63, 3.8) is 0 Å². The molecule has 1 spiro atoms. The fourth-order valence-corrected chi connectivity index (χ4v) is 5.31. The van der Waals surface area contributed by atoms with Crippen LogP contribution in [0.3, 0.4) is 0 Å². The van der Waals surface area contributed by atoms with Crippen LogP contribution in [0.25, 0.3) is 0 Å². The molecule has 0 bridgehead atoms. The monoisotopic (exact) mass is 308 g/mol. The molecule has 0 unspecified atom stereocenters. The number of nitrogens with zero attached hydrogens (tertiary/aromatic N) is 1. The van der Waals surface area contributed by atoms with Gasteiger partial charge >= 0.3 is 0 Å². The van der Waals surface area contributed by atoms with E-state index in [-0.39, 0.29) is 0 Å². The predicted molar refractivity (Wildman–Crippen MR) is 84.5 cm³/mol. The zero-order chi connectivity index (χ0) is 15.1. The molecule has 1 aromatic carbocycles. The predicted octanol–water partition coefficient (Wildman–Crippen LogP) is 2.92. The Kier molecular flexibility index (Phi) is 3.74. The highest BCUT2D eigenvalue weighted by atomic mass is 32.2. The number of nitrogens with two attached hydrogens (primary N) is 1. The average molecular weight is 308 g/mol. The molecule has 116 valence electrons. The van der Waals surface area contributed by atoms with Gasteiger partial charge in [0.2, 0.25) is 10.0 Å². The van der Waals surface area contributed by atoms with Gasteiger partial charge in [0.1, 0.15) is 0 Å². The number of benzene rings is 1. The fraction of sp³-hybridized carbons (Fsp3) is 0.625. The third-order valence-corrected chi connectivity index (χ3v) is 7.22. The van der Waals surface area contributed by atoms with Crippen molar-refractivity contribution in [2.24, 2.45) is 5.41 Å². The second-order valence-electron chi connectivity index (χ2n) is 6.63. The van der Waals surface area contributed by atoms with E-state index in [1.54, 1.807) is 22.5 Å². The number of sulfonamides is 1. The highest BCUT2D eigenvalue weighted by Gasteiger charge is 2.40. The lowest BCUT2D eigenvalue weighted by Crippen LogP contribution is -2.42. The Bertz CT molecular complexity index is 624. The first-order chi connectivity index (χ1) is 9.93. The average Bonchev–Trinajstić information content (AvgIpc) is 2.90. The minimum Gasteiger partial charge on any atom is -0.399 e. The van der Waals surface area contributed by atoms with Gasteiger partial charge in [0.15, 0.2) is 0 Å². The van der Waals surface area contributed by atoms with Crippen LogP contribution in [0.5, 0.6) is 0 Å². The molecule has 4 nitrogen and oxygen atoms in total. The summed E-state index contributed by atoms with van der Waals surface area (Å²) in [6.07, 6.45) is 7.21. The van der Waals surface area contributed by atoms with Crippen molar-refractivity contribution in [1.29, 1.82) is 0 Å². The number of rotatable bonds is 2. The summed E-state index contributed by atoms with van der Waals surface area (Å²) in [5.74, 6) is 0. The van der Waals surface area contributed by atoms with Gasteiger partial charge in [-0.1, -0.05) is 12.8 Å². The van der Waals surface area contributed by atoms with Crippen molar-refractivity contribution >= 4 is 15.7 Å². The van der Waals surface area contributed by atoms with E-state index in [1.807, 2.05) is 6.92 Å². The van der Waals surface area contributed by atoms with E-state index in [0.717, 1.165) is 18.4 Å². The second kappa shape index (κ2) is 5.29. The first-order valence-corrected chi connectivity index (χ1v) is 9.23. The first kappa shape index (κ1) is 14.9. The smallest absolute Gasteiger partial charge is 0.243 e. The van der Waals surface area contributed by atoms with Crippen LogP contribution in [0.15, 0.2) is 23.1 Å². The molecule has 1 aliphatic heterocycles.